The third-order valence-corrected chi connectivity index (χ3v) is 4.78. The van der Waals surface area contributed by atoms with E-state index in [0.29, 0.717) is 11.8 Å². The number of nitrogens with one attached hydrogen (secondary N) is 2. The summed E-state index contributed by atoms with van der Waals surface area (Å²) in [7, 11) is 0. The molecule has 1 amide bonds. The maximum Gasteiger partial charge on any atom is 0.220 e. The molecule has 2 unspecified atom stereocenters. The molecule has 0 spiro atoms. The topological polar surface area (TPSA) is 41.1 Å². The molecule has 0 aromatic rings. The lowest BCUT2D eigenvalue weighted by Gasteiger charge is -2.29. The van der Waals surface area contributed by atoms with Gasteiger partial charge in [-0.1, -0.05) is 32.6 Å². The predicted molar refractivity (Wildman–Crippen MR) is 74.3 cm³/mol. The first-order valence-electron chi connectivity index (χ1n) is 7.73. The second-order valence-electron chi connectivity index (χ2n) is 6.22. The van der Waals surface area contributed by atoms with Crippen LogP contribution in [0.25, 0.3) is 0 Å². The second kappa shape index (κ2) is 7.13. The largest absolute Gasteiger partial charge is 0.356 e. The molecule has 0 radical (unpaired) electrons. The molecule has 2 N–H and O–H groups in total. The molecular weight excluding hydrogens is 224 g/mol. The zero-order chi connectivity index (χ0) is 12.8. The lowest BCUT2D eigenvalue weighted by atomic mass is 9.88. The lowest BCUT2D eigenvalue weighted by molar-refractivity contribution is -0.121. The van der Waals surface area contributed by atoms with Gasteiger partial charge in [0.15, 0.2) is 0 Å². The van der Waals surface area contributed by atoms with Crippen molar-refractivity contribution in [3.63, 3.8) is 0 Å². The van der Waals surface area contributed by atoms with Crippen LogP contribution in [-0.4, -0.2) is 25.5 Å². The van der Waals surface area contributed by atoms with Crippen LogP contribution in [0.1, 0.15) is 51.9 Å². The summed E-state index contributed by atoms with van der Waals surface area (Å²) in [6, 6.07) is 0. The van der Waals surface area contributed by atoms with Crippen LogP contribution in [0.3, 0.4) is 0 Å². The van der Waals surface area contributed by atoms with Crippen LogP contribution in [0.5, 0.6) is 0 Å². The Balaban J connectivity index is 1.58. The maximum absolute atomic E-state index is 11.8. The fraction of sp³-hybridized carbons (Fsp3) is 0.933. The summed E-state index contributed by atoms with van der Waals surface area (Å²) in [6.45, 7) is 5.36. The van der Waals surface area contributed by atoms with Gasteiger partial charge in [0.05, 0.1) is 0 Å². The normalized spacial score (nSPS) is 29.4. The zero-order valence-corrected chi connectivity index (χ0v) is 11.7. The van der Waals surface area contributed by atoms with Gasteiger partial charge in [0, 0.05) is 13.0 Å². The van der Waals surface area contributed by atoms with Gasteiger partial charge in [0.25, 0.3) is 0 Å². The number of hydrogen-bond donors (Lipinski definition) is 2. The van der Waals surface area contributed by atoms with E-state index in [0.717, 1.165) is 38.4 Å². The first-order valence-corrected chi connectivity index (χ1v) is 7.73. The van der Waals surface area contributed by atoms with Gasteiger partial charge in [-0.3, -0.25) is 4.79 Å². The Morgan fingerprint density at radius 1 is 1.28 bits per heavy atom. The minimum Gasteiger partial charge on any atom is -0.356 e. The van der Waals surface area contributed by atoms with Crippen molar-refractivity contribution in [1.82, 2.24) is 10.6 Å². The fourth-order valence-corrected chi connectivity index (χ4v) is 3.34. The van der Waals surface area contributed by atoms with Crippen molar-refractivity contribution in [1.29, 1.82) is 0 Å². The zero-order valence-electron chi connectivity index (χ0n) is 11.7. The van der Waals surface area contributed by atoms with E-state index < -0.39 is 0 Å². The average molecular weight is 252 g/mol. The van der Waals surface area contributed by atoms with Crippen molar-refractivity contribution in [3.8, 4) is 0 Å². The molecule has 18 heavy (non-hydrogen) atoms. The van der Waals surface area contributed by atoms with Crippen molar-refractivity contribution in [3.05, 3.63) is 0 Å². The number of carbonyl (C=O) groups is 1. The third kappa shape index (κ3) is 4.27. The number of rotatable bonds is 5. The Kier molecular flexibility index (Phi) is 5.48. The summed E-state index contributed by atoms with van der Waals surface area (Å²) in [5.41, 5.74) is 0. The number of piperidine rings is 1. The molecule has 1 heterocycles. The highest BCUT2D eigenvalue weighted by Gasteiger charge is 2.21. The van der Waals surface area contributed by atoms with Crippen LogP contribution in [0.15, 0.2) is 0 Å². The summed E-state index contributed by atoms with van der Waals surface area (Å²) < 4.78 is 0. The monoisotopic (exact) mass is 252 g/mol. The van der Waals surface area contributed by atoms with Crippen molar-refractivity contribution >= 4 is 5.91 Å². The van der Waals surface area contributed by atoms with Crippen molar-refractivity contribution < 1.29 is 4.79 Å². The fourth-order valence-electron chi connectivity index (χ4n) is 3.34. The van der Waals surface area contributed by atoms with Gasteiger partial charge < -0.3 is 10.6 Å². The highest BCUT2D eigenvalue weighted by atomic mass is 16.1. The average Bonchev–Trinajstić information content (AvgIpc) is 2.88. The summed E-state index contributed by atoms with van der Waals surface area (Å²) in [5.74, 6) is 2.46. The standard InChI is InChI=1S/C15H28N2O/c1-12-10-16-9-8-14(12)11-17-15(18)7-6-13-4-2-3-5-13/h12-14,16H,2-11H2,1H3,(H,17,18). The van der Waals surface area contributed by atoms with E-state index in [1.807, 2.05) is 0 Å². The van der Waals surface area contributed by atoms with Crippen LogP contribution < -0.4 is 10.6 Å². The molecule has 1 aliphatic heterocycles. The van der Waals surface area contributed by atoms with E-state index in [1.54, 1.807) is 0 Å². The Morgan fingerprint density at radius 2 is 2.06 bits per heavy atom. The van der Waals surface area contributed by atoms with Gasteiger partial charge in [-0.2, -0.15) is 0 Å². The van der Waals surface area contributed by atoms with Crippen molar-refractivity contribution in [2.45, 2.75) is 51.9 Å². The maximum atomic E-state index is 11.8. The molecule has 3 heteroatoms. The van der Waals surface area contributed by atoms with Gasteiger partial charge in [0.2, 0.25) is 5.91 Å². The number of amides is 1. The van der Waals surface area contributed by atoms with E-state index in [4.69, 9.17) is 0 Å². The third-order valence-electron chi connectivity index (χ3n) is 4.78. The van der Waals surface area contributed by atoms with Crippen LogP contribution in [-0.2, 0) is 4.79 Å². The number of hydrogen-bond acceptors (Lipinski definition) is 2. The first kappa shape index (κ1) is 13.9. The molecule has 3 nitrogen and oxygen atoms in total. The lowest BCUT2D eigenvalue weighted by Crippen LogP contribution is -2.41. The molecule has 104 valence electrons. The summed E-state index contributed by atoms with van der Waals surface area (Å²) in [5, 5.41) is 6.54. The van der Waals surface area contributed by atoms with E-state index in [-0.39, 0.29) is 5.91 Å². The Bertz CT molecular complexity index is 261. The van der Waals surface area contributed by atoms with Crippen molar-refractivity contribution in [2.75, 3.05) is 19.6 Å². The van der Waals surface area contributed by atoms with Crippen LogP contribution >= 0.6 is 0 Å². The molecule has 0 aromatic carbocycles. The van der Waals surface area contributed by atoms with Gasteiger partial charge in [-0.05, 0) is 43.7 Å². The van der Waals surface area contributed by atoms with Crippen LogP contribution in [0.2, 0.25) is 0 Å². The highest BCUT2D eigenvalue weighted by molar-refractivity contribution is 5.75. The SMILES string of the molecule is CC1CNCCC1CNC(=O)CCC1CCCC1. The predicted octanol–water partition coefficient (Wildman–Crippen LogP) is 2.32. The van der Waals surface area contributed by atoms with Crippen LogP contribution in [0, 0.1) is 17.8 Å². The molecular formula is C15H28N2O. The molecule has 2 rings (SSSR count). The second-order valence-corrected chi connectivity index (χ2v) is 6.22. The van der Waals surface area contributed by atoms with Gasteiger partial charge in [0.1, 0.15) is 0 Å². The molecule has 1 saturated carbocycles. The minimum atomic E-state index is 0.271. The Labute approximate surface area is 111 Å². The summed E-state index contributed by atoms with van der Waals surface area (Å²) >= 11 is 0. The van der Waals surface area contributed by atoms with E-state index in [1.165, 1.54) is 32.1 Å². The number of carbonyl (C=O) groups excluding carboxylic acids is 1. The molecule has 0 bridgehead atoms. The van der Waals surface area contributed by atoms with Gasteiger partial charge in [-0.15, -0.1) is 0 Å². The molecule has 1 aliphatic carbocycles. The molecule has 2 fully saturated rings. The van der Waals surface area contributed by atoms with E-state index in [9.17, 15) is 4.79 Å². The van der Waals surface area contributed by atoms with Gasteiger partial charge >= 0.3 is 0 Å². The summed E-state index contributed by atoms with van der Waals surface area (Å²) in [6.07, 6.45) is 8.48. The Morgan fingerprint density at radius 3 is 2.78 bits per heavy atom. The quantitative estimate of drug-likeness (QED) is 0.788. The highest BCUT2D eigenvalue weighted by Crippen LogP contribution is 2.28. The molecule has 2 atom stereocenters. The smallest absolute Gasteiger partial charge is 0.220 e. The minimum absolute atomic E-state index is 0.271. The molecule has 2 aliphatic rings. The van der Waals surface area contributed by atoms with Gasteiger partial charge in [-0.25, -0.2) is 0 Å². The van der Waals surface area contributed by atoms with E-state index >= 15 is 0 Å². The molecule has 0 aromatic heterocycles. The van der Waals surface area contributed by atoms with E-state index in [2.05, 4.69) is 17.6 Å². The first-order chi connectivity index (χ1) is 8.75. The Hall–Kier alpha value is -0.570. The van der Waals surface area contributed by atoms with Crippen LogP contribution in [0.4, 0.5) is 0 Å². The van der Waals surface area contributed by atoms with Crippen molar-refractivity contribution in [2.24, 2.45) is 17.8 Å². The molecule has 1 saturated heterocycles. The summed E-state index contributed by atoms with van der Waals surface area (Å²) in [4.78, 5) is 11.8.